The molecule has 0 aromatic heterocycles. The molecule has 2 rings (SSSR count). The number of benzene rings is 1. The van der Waals surface area contributed by atoms with Crippen LogP contribution in [0.3, 0.4) is 0 Å². The lowest BCUT2D eigenvalue weighted by atomic mass is 9.87. The highest BCUT2D eigenvalue weighted by Crippen LogP contribution is 2.20. The molecule has 1 aromatic rings. The molecule has 0 heterocycles. The molecular weight excluding hydrogens is 252 g/mol. The van der Waals surface area contributed by atoms with Gasteiger partial charge in [-0.05, 0) is 31.4 Å². The van der Waals surface area contributed by atoms with Crippen LogP contribution in [0, 0.1) is 0 Å². The zero-order valence-corrected chi connectivity index (χ0v) is 11.7. The number of carbonyl (C=O) groups excluding carboxylic acids is 1. The van der Waals surface area contributed by atoms with Crippen LogP contribution in [0.25, 0.3) is 0 Å². The second-order valence-corrected chi connectivity index (χ2v) is 5.10. The molecule has 1 fully saturated rings. The van der Waals surface area contributed by atoms with E-state index in [0.29, 0.717) is 12.6 Å². The summed E-state index contributed by atoms with van der Waals surface area (Å²) in [5.41, 5.74) is 1.00. The number of rotatable bonds is 7. The molecule has 1 aromatic carbocycles. The molecular formula is C16H22N2O2. The summed E-state index contributed by atoms with van der Waals surface area (Å²) in [6, 6.07) is 10.4. The lowest BCUT2D eigenvalue weighted by molar-refractivity contribution is 0.125. The Hall–Kier alpha value is -1.81. The summed E-state index contributed by atoms with van der Waals surface area (Å²) in [6.45, 7) is 4.97. The zero-order valence-electron chi connectivity index (χ0n) is 11.7. The molecule has 0 atom stereocenters. The summed E-state index contributed by atoms with van der Waals surface area (Å²) in [6.07, 6.45) is 4.49. The largest absolute Gasteiger partial charge is 0.445 e. The van der Waals surface area contributed by atoms with Crippen LogP contribution in [0.4, 0.5) is 4.79 Å². The van der Waals surface area contributed by atoms with Gasteiger partial charge < -0.3 is 15.4 Å². The van der Waals surface area contributed by atoms with Gasteiger partial charge in [0.15, 0.2) is 0 Å². The lowest BCUT2D eigenvalue weighted by Gasteiger charge is -2.36. The maximum atomic E-state index is 11.6. The fourth-order valence-electron chi connectivity index (χ4n) is 2.22. The maximum Gasteiger partial charge on any atom is 0.407 e. The van der Waals surface area contributed by atoms with Crippen molar-refractivity contribution in [2.45, 2.75) is 38.0 Å². The molecule has 1 aliphatic carbocycles. The molecule has 0 aliphatic heterocycles. The van der Waals surface area contributed by atoms with Crippen molar-refractivity contribution in [3.63, 3.8) is 0 Å². The summed E-state index contributed by atoms with van der Waals surface area (Å²) < 4.78 is 5.18. The fraction of sp³-hybridized carbons (Fsp3) is 0.438. The zero-order chi connectivity index (χ0) is 14.2. The van der Waals surface area contributed by atoms with Crippen LogP contribution < -0.4 is 10.6 Å². The van der Waals surface area contributed by atoms with Gasteiger partial charge in [-0.15, -0.1) is 6.58 Å². The van der Waals surface area contributed by atoms with E-state index in [0.717, 1.165) is 31.4 Å². The fourth-order valence-corrected chi connectivity index (χ4v) is 2.22. The van der Waals surface area contributed by atoms with Crippen molar-refractivity contribution in [3.05, 3.63) is 48.6 Å². The molecule has 1 amide bonds. The number of alkyl carbamates (subject to hydrolysis) is 1. The summed E-state index contributed by atoms with van der Waals surface area (Å²) in [7, 11) is 0. The minimum absolute atomic E-state index is 0.236. The highest BCUT2D eigenvalue weighted by molar-refractivity contribution is 5.67. The molecule has 0 bridgehead atoms. The van der Waals surface area contributed by atoms with Gasteiger partial charge in [0.25, 0.3) is 0 Å². The topological polar surface area (TPSA) is 50.4 Å². The summed E-state index contributed by atoms with van der Waals surface area (Å²) in [5, 5.41) is 6.30. The van der Waals surface area contributed by atoms with Crippen LogP contribution in [0.15, 0.2) is 43.0 Å². The van der Waals surface area contributed by atoms with Gasteiger partial charge in [0, 0.05) is 12.1 Å². The number of carbonyl (C=O) groups is 1. The normalized spacial score (nSPS) is 20.8. The predicted molar refractivity (Wildman–Crippen MR) is 79.4 cm³/mol. The van der Waals surface area contributed by atoms with Crippen LogP contribution in [-0.2, 0) is 11.3 Å². The highest BCUT2D eigenvalue weighted by Gasteiger charge is 2.29. The molecule has 1 aliphatic rings. The second-order valence-electron chi connectivity index (χ2n) is 5.10. The third-order valence-corrected chi connectivity index (χ3v) is 3.45. The molecule has 1 saturated carbocycles. The van der Waals surface area contributed by atoms with Gasteiger partial charge in [-0.2, -0.15) is 0 Å². The first-order chi connectivity index (χ1) is 9.78. The van der Waals surface area contributed by atoms with E-state index in [2.05, 4.69) is 17.2 Å². The van der Waals surface area contributed by atoms with Crippen LogP contribution in [0.1, 0.15) is 24.8 Å². The second kappa shape index (κ2) is 7.70. The van der Waals surface area contributed by atoms with Crippen molar-refractivity contribution in [1.29, 1.82) is 0 Å². The average molecular weight is 274 g/mol. The number of hydrogen-bond acceptors (Lipinski definition) is 3. The van der Waals surface area contributed by atoms with Gasteiger partial charge in [-0.3, -0.25) is 0 Å². The number of nitrogens with one attached hydrogen (secondary N) is 2. The minimum Gasteiger partial charge on any atom is -0.445 e. The SMILES string of the molecule is C=CCCNC1CC(NC(=O)OCc2ccccc2)C1. The molecule has 2 N–H and O–H groups in total. The third kappa shape index (κ3) is 4.70. The van der Waals surface area contributed by atoms with E-state index in [9.17, 15) is 4.79 Å². The van der Waals surface area contributed by atoms with Crippen molar-refractivity contribution < 1.29 is 9.53 Å². The van der Waals surface area contributed by atoms with Crippen LogP contribution in [0.2, 0.25) is 0 Å². The van der Waals surface area contributed by atoms with E-state index in [-0.39, 0.29) is 12.1 Å². The monoisotopic (exact) mass is 274 g/mol. The first-order valence-electron chi connectivity index (χ1n) is 7.09. The summed E-state index contributed by atoms with van der Waals surface area (Å²) in [5.74, 6) is 0. The Morgan fingerprint density at radius 2 is 2.05 bits per heavy atom. The van der Waals surface area contributed by atoms with E-state index in [1.807, 2.05) is 36.4 Å². The van der Waals surface area contributed by atoms with Crippen LogP contribution >= 0.6 is 0 Å². The van der Waals surface area contributed by atoms with Crippen LogP contribution in [-0.4, -0.2) is 24.7 Å². The molecule has 0 radical (unpaired) electrons. The summed E-state index contributed by atoms with van der Waals surface area (Å²) in [4.78, 5) is 11.6. The van der Waals surface area contributed by atoms with Crippen LogP contribution in [0.5, 0.6) is 0 Å². The highest BCUT2D eigenvalue weighted by atomic mass is 16.5. The number of amides is 1. The molecule has 0 unspecified atom stereocenters. The van der Waals surface area contributed by atoms with Crippen molar-refractivity contribution in [2.75, 3.05) is 6.54 Å². The molecule has 0 spiro atoms. The Balaban J connectivity index is 1.56. The van der Waals surface area contributed by atoms with Crippen molar-refractivity contribution in [1.82, 2.24) is 10.6 Å². The summed E-state index contributed by atoms with van der Waals surface area (Å²) >= 11 is 0. The molecule has 108 valence electrons. The maximum absolute atomic E-state index is 11.6. The molecule has 4 nitrogen and oxygen atoms in total. The van der Waals surface area contributed by atoms with E-state index < -0.39 is 0 Å². The lowest BCUT2D eigenvalue weighted by Crippen LogP contribution is -2.52. The van der Waals surface area contributed by atoms with Gasteiger partial charge in [-0.1, -0.05) is 36.4 Å². The quantitative estimate of drug-likeness (QED) is 0.593. The Bertz CT molecular complexity index is 427. The Morgan fingerprint density at radius 3 is 2.75 bits per heavy atom. The Morgan fingerprint density at radius 1 is 1.30 bits per heavy atom. The van der Waals surface area contributed by atoms with E-state index >= 15 is 0 Å². The van der Waals surface area contributed by atoms with E-state index in [1.165, 1.54) is 0 Å². The minimum atomic E-state index is -0.330. The van der Waals surface area contributed by atoms with Gasteiger partial charge in [-0.25, -0.2) is 4.79 Å². The van der Waals surface area contributed by atoms with Gasteiger partial charge in [0.05, 0.1) is 0 Å². The van der Waals surface area contributed by atoms with Gasteiger partial charge >= 0.3 is 6.09 Å². The molecule has 4 heteroatoms. The Kier molecular flexibility index (Phi) is 5.62. The van der Waals surface area contributed by atoms with Crippen molar-refractivity contribution in [2.24, 2.45) is 0 Å². The predicted octanol–water partition coefficient (Wildman–Crippen LogP) is 2.61. The third-order valence-electron chi connectivity index (χ3n) is 3.45. The molecule has 0 saturated heterocycles. The molecule has 20 heavy (non-hydrogen) atoms. The van der Waals surface area contributed by atoms with E-state index in [4.69, 9.17) is 4.74 Å². The first kappa shape index (κ1) is 14.6. The number of ether oxygens (including phenoxy) is 1. The van der Waals surface area contributed by atoms with Crippen molar-refractivity contribution >= 4 is 6.09 Å². The standard InChI is InChI=1S/C16H22N2O2/c1-2-3-9-17-14-10-15(11-14)18-16(19)20-12-13-7-5-4-6-8-13/h2,4-8,14-15,17H,1,3,9-12H2,(H,18,19). The number of hydrogen-bond donors (Lipinski definition) is 2. The first-order valence-corrected chi connectivity index (χ1v) is 7.09. The average Bonchev–Trinajstić information content (AvgIpc) is 2.43. The Labute approximate surface area is 120 Å². The smallest absolute Gasteiger partial charge is 0.407 e. The van der Waals surface area contributed by atoms with Crippen molar-refractivity contribution in [3.8, 4) is 0 Å². The van der Waals surface area contributed by atoms with Gasteiger partial charge in [0.2, 0.25) is 0 Å². The van der Waals surface area contributed by atoms with E-state index in [1.54, 1.807) is 0 Å². The van der Waals surface area contributed by atoms with Gasteiger partial charge in [0.1, 0.15) is 6.61 Å².